The largest absolute Gasteiger partial charge is 0.504 e. The van der Waals surface area contributed by atoms with Crippen molar-refractivity contribution < 1.29 is 40.9 Å². The Morgan fingerprint density at radius 3 is 1.11 bits per heavy atom. The van der Waals surface area contributed by atoms with E-state index in [1.165, 1.54) is 24.3 Å². The molecule has 0 aliphatic carbocycles. The van der Waals surface area contributed by atoms with Gasteiger partial charge in [0.1, 0.15) is 0 Å². The van der Waals surface area contributed by atoms with Crippen molar-refractivity contribution in [1.82, 2.24) is 19.9 Å². The molecule has 12 nitrogen and oxygen atoms in total. The molecule has 9 aromatic rings. The first kappa shape index (κ1) is 24.1. The lowest BCUT2D eigenvalue weighted by Crippen LogP contribution is -1.79. The molecule has 5 heterocycles. The molecule has 9 rings (SSSR count). The predicted molar refractivity (Wildman–Crippen MR) is 166 cm³/mol. The minimum Gasteiger partial charge on any atom is -0.504 e. The van der Waals surface area contributed by atoms with E-state index in [4.69, 9.17) is 0 Å². The summed E-state index contributed by atoms with van der Waals surface area (Å²) in [5.74, 6) is -3.41. The van der Waals surface area contributed by atoms with Crippen molar-refractivity contribution >= 4 is 87.2 Å². The van der Waals surface area contributed by atoms with Crippen LogP contribution in [0.1, 0.15) is 0 Å². The molecule has 0 amide bonds. The molecule has 0 saturated heterocycles. The third-order valence-corrected chi connectivity index (χ3v) is 8.57. The standard InChI is InChI=1S/C32H20N4O8/c37-19-3-9-1-15-23-11-5-17(33-13(11)7-21(39)29(23)41)24-12-6-18(34-14(12)8-22(40)30(24)42)26-28-10(4-20(38)32(26)44)2-16(36-28)25(31(19)43)27(9)35-15/h1-8,33-44H. The number of rotatable bonds is 0. The number of phenolic OH excluding ortho intramolecular Hbond substituents is 8. The maximum absolute atomic E-state index is 11.1. The lowest BCUT2D eigenvalue weighted by atomic mass is 10.1. The van der Waals surface area contributed by atoms with Crippen molar-refractivity contribution in [3.05, 3.63) is 48.5 Å². The first-order valence-electron chi connectivity index (χ1n) is 13.4. The molecule has 0 radical (unpaired) electrons. The van der Waals surface area contributed by atoms with Crippen molar-refractivity contribution in [1.29, 1.82) is 0 Å². The molecule has 5 aromatic heterocycles. The highest BCUT2D eigenvalue weighted by molar-refractivity contribution is 6.22. The minimum atomic E-state index is -0.442. The van der Waals surface area contributed by atoms with Gasteiger partial charge < -0.3 is 60.8 Å². The third kappa shape index (κ3) is 2.85. The Morgan fingerprint density at radius 2 is 0.659 bits per heavy atom. The van der Waals surface area contributed by atoms with E-state index in [1.54, 1.807) is 24.3 Å². The Bertz CT molecular complexity index is 2430. The molecule has 0 atom stereocenters. The van der Waals surface area contributed by atoms with E-state index in [0.717, 1.165) is 0 Å². The smallest absolute Gasteiger partial charge is 0.169 e. The number of hydrogen-bond donors (Lipinski definition) is 12. The fourth-order valence-corrected chi connectivity index (χ4v) is 6.62. The Balaban J connectivity index is 1.68. The van der Waals surface area contributed by atoms with Crippen LogP contribution in [0.4, 0.5) is 0 Å². The molecule has 0 unspecified atom stereocenters. The van der Waals surface area contributed by atoms with Gasteiger partial charge in [0.2, 0.25) is 0 Å². The summed E-state index contributed by atoms with van der Waals surface area (Å²) >= 11 is 0. The number of phenols is 8. The van der Waals surface area contributed by atoms with Crippen LogP contribution in [0.3, 0.4) is 0 Å². The summed E-state index contributed by atoms with van der Waals surface area (Å²) < 4.78 is 0. The number of H-pyrrole nitrogens is 4. The quantitative estimate of drug-likeness (QED) is 0.0881. The lowest BCUT2D eigenvalue weighted by Gasteiger charge is -2.03. The monoisotopic (exact) mass is 588 g/mol. The minimum absolute atomic E-state index is 0.177. The van der Waals surface area contributed by atoms with Gasteiger partial charge in [0.15, 0.2) is 46.0 Å². The highest BCUT2D eigenvalue weighted by atomic mass is 16.3. The van der Waals surface area contributed by atoms with Crippen LogP contribution in [0.15, 0.2) is 48.5 Å². The zero-order chi connectivity index (χ0) is 30.3. The van der Waals surface area contributed by atoms with E-state index in [1.807, 2.05) is 0 Å². The van der Waals surface area contributed by atoms with Gasteiger partial charge in [0.25, 0.3) is 0 Å². The summed E-state index contributed by atoms with van der Waals surface area (Å²) in [6.07, 6.45) is 0. The number of fused-ring (bicyclic) bond motifs is 8. The van der Waals surface area contributed by atoms with Gasteiger partial charge in [-0.1, -0.05) is 0 Å². The van der Waals surface area contributed by atoms with Crippen LogP contribution in [0.25, 0.3) is 87.2 Å². The molecule has 0 fully saturated rings. The van der Waals surface area contributed by atoms with Gasteiger partial charge in [-0.25, -0.2) is 0 Å². The molecule has 12 N–H and O–H groups in total. The fourth-order valence-electron chi connectivity index (χ4n) is 6.62. The molecule has 0 aliphatic rings. The van der Waals surface area contributed by atoms with Gasteiger partial charge in [-0.05, 0) is 36.4 Å². The predicted octanol–water partition coefficient (Wildman–Crippen LogP) is 6.43. The SMILES string of the molecule is Oc1cc2[nH]c3cc2c(c1O)c1cc2c(cc(O)c(O)c2c2cc4cc(O)c(O)c(c5cc6cc(O)c(O)c3c6[nH]5)c4[nH]2)[nH]1. The summed E-state index contributed by atoms with van der Waals surface area (Å²) in [5.41, 5.74) is 2.86. The van der Waals surface area contributed by atoms with E-state index in [2.05, 4.69) is 19.9 Å². The van der Waals surface area contributed by atoms with Crippen LogP contribution in [0.5, 0.6) is 46.0 Å². The second kappa shape index (κ2) is 7.63. The summed E-state index contributed by atoms with van der Waals surface area (Å²) in [4.78, 5) is 12.7. The van der Waals surface area contributed by atoms with E-state index in [0.29, 0.717) is 65.7 Å². The zero-order valence-electron chi connectivity index (χ0n) is 22.2. The summed E-state index contributed by atoms with van der Waals surface area (Å²) in [6.45, 7) is 0. The summed E-state index contributed by atoms with van der Waals surface area (Å²) in [7, 11) is 0. The van der Waals surface area contributed by atoms with Gasteiger partial charge in [0, 0.05) is 33.7 Å². The van der Waals surface area contributed by atoms with Gasteiger partial charge in [-0.15, -0.1) is 0 Å². The molecule has 44 heavy (non-hydrogen) atoms. The number of benzene rings is 4. The second-order valence-corrected chi connectivity index (χ2v) is 11.1. The number of hydrogen-bond acceptors (Lipinski definition) is 8. The first-order chi connectivity index (χ1) is 21.1. The van der Waals surface area contributed by atoms with Crippen LogP contribution >= 0.6 is 0 Å². The van der Waals surface area contributed by atoms with Crippen LogP contribution in [-0.4, -0.2) is 60.8 Å². The topological polar surface area (TPSA) is 225 Å². The molecule has 8 bridgehead atoms. The van der Waals surface area contributed by atoms with Gasteiger partial charge >= 0.3 is 0 Å². The third-order valence-electron chi connectivity index (χ3n) is 8.57. The fraction of sp³-hybridized carbons (Fsp3) is 0. The van der Waals surface area contributed by atoms with Crippen LogP contribution < -0.4 is 0 Å². The van der Waals surface area contributed by atoms with Crippen molar-refractivity contribution in [3.8, 4) is 46.0 Å². The van der Waals surface area contributed by atoms with Crippen molar-refractivity contribution in [2.75, 3.05) is 0 Å². The molecule has 4 aromatic carbocycles. The number of aromatic amines is 4. The molecule has 0 spiro atoms. The van der Waals surface area contributed by atoms with Crippen molar-refractivity contribution in [2.24, 2.45) is 0 Å². The molecular weight excluding hydrogens is 568 g/mol. The Labute approximate surface area is 242 Å². The van der Waals surface area contributed by atoms with Crippen molar-refractivity contribution in [3.63, 3.8) is 0 Å². The highest BCUT2D eigenvalue weighted by Gasteiger charge is 2.21. The van der Waals surface area contributed by atoms with Crippen LogP contribution in [-0.2, 0) is 0 Å². The van der Waals surface area contributed by atoms with Crippen LogP contribution in [0, 0.1) is 0 Å². The molecule has 12 heteroatoms. The highest BCUT2D eigenvalue weighted by Crippen LogP contribution is 2.47. The molecule has 216 valence electrons. The normalized spacial score (nSPS) is 12.4. The number of aromatic nitrogens is 4. The van der Waals surface area contributed by atoms with Gasteiger partial charge in [-0.2, -0.15) is 0 Å². The van der Waals surface area contributed by atoms with Gasteiger partial charge in [-0.3, -0.25) is 0 Å². The van der Waals surface area contributed by atoms with Gasteiger partial charge in [0.05, 0.1) is 65.7 Å². The lowest BCUT2D eigenvalue weighted by molar-refractivity contribution is 0.409. The van der Waals surface area contributed by atoms with Crippen LogP contribution in [0.2, 0.25) is 0 Å². The molecule has 0 aliphatic heterocycles. The molecular formula is C32H20N4O8. The Morgan fingerprint density at radius 1 is 0.318 bits per heavy atom. The zero-order valence-corrected chi connectivity index (χ0v) is 22.2. The number of aromatic hydroxyl groups is 8. The maximum Gasteiger partial charge on any atom is 0.169 e. The van der Waals surface area contributed by atoms with E-state index >= 15 is 0 Å². The Kier molecular flexibility index (Phi) is 4.18. The van der Waals surface area contributed by atoms with Crippen molar-refractivity contribution in [2.45, 2.75) is 0 Å². The average molecular weight is 589 g/mol. The summed E-state index contributed by atoms with van der Waals surface area (Å²) in [5, 5.41) is 89.9. The number of nitrogens with one attached hydrogen (secondary N) is 4. The second-order valence-electron chi connectivity index (χ2n) is 11.1. The van der Waals surface area contributed by atoms with E-state index in [9.17, 15) is 40.9 Å². The maximum atomic E-state index is 11.1. The van der Waals surface area contributed by atoms with E-state index < -0.39 is 46.0 Å². The summed E-state index contributed by atoms with van der Waals surface area (Å²) in [6, 6.07) is 11.9. The first-order valence-corrected chi connectivity index (χ1v) is 13.4. The molecule has 0 saturated carbocycles. The average Bonchev–Trinajstić information content (AvgIpc) is 3.76. The Hall–Kier alpha value is -6.56. The van der Waals surface area contributed by atoms with E-state index in [-0.39, 0.29) is 21.5 Å².